The Kier molecular flexibility index (Phi) is 7.37. The predicted molar refractivity (Wildman–Crippen MR) is 127 cm³/mol. The highest BCUT2D eigenvalue weighted by atomic mass is 127. The second-order valence-electron chi connectivity index (χ2n) is 8.02. The van der Waals surface area contributed by atoms with E-state index in [0.717, 1.165) is 25.3 Å². The van der Waals surface area contributed by atoms with Gasteiger partial charge in [-0.2, -0.15) is 11.3 Å². The van der Waals surface area contributed by atoms with Crippen LogP contribution in [0.2, 0.25) is 0 Å². The zero-order valence-corrected chi connectivity index (χ0v) is 20.0. The number of carbonyl (C=O) groups is 2. The van der Waals surface area contributed by atoms with Gasteiger partial charge in [-0.05, 0) is 53.0 Å². The number of nitrogens with one attached hydrogen (secondary N) is 2. The van der Waals surface area contributed by atoms with Gasteiger partial charge in [0.25, 0.3) is 0 Å². The molecule has 2 fully saturated rings. The van der Waals surface area contributed by atoms with Gasteiger partial charge in [0.2, 0.25) is 11.8 Å². The Labute approximate surface area is 193 Å². The Morgan fingerprint density at radius 3 is 2.52 bits per heavy atom. The van der Waals surface area contributed by atoms with Crippen molar-refractivity contribution in [3.63, 3.8) is 0 Å². The largest absolute Gasteiger partial charge is 0.356 e. The van der Waals surface area contributed by atoms with E-state index in [-0.39, 0.29) is 59.5 Å². The number of nitrogens with zero attached hydrogens (tertiary/aromatic N) is 2. The minimum absolute atomic E-state index is 0. The van der Waals surface area contributed by atoms with Gasteiger partial charge in [-0.25, -0.2) is 0 Å². The molecule has 4 rings (SSSR count). The first kappa shape index (κ1) is 22.3. The summed E-state index contributed by atoms with van der Waals surface area (Å²) in [6, 6.07) is 2.15. The van der Waals surface area contributed by atoms with Crippen LogP contribution < -0.4 is 10.6 Å². The third kappa shape index (κ3) is 4.38. The van der Waals surface area contributed by atoms with Gasteiger partial charge in [0.1, 0.15) is 0 Å². The van der Waals surface area contributed by atoms with Gasteiger partial charge in [-0.1, -0.05) is 19.1 Å². The molecule has 1 saturated carbocycles. The van der Waals surface area contributed by atoms with Gasteiger partial charge in [0, 0.05) is 26.7 Å². The summed E-state index contributed by atoms with van der Waals surface area (Å²) < 4.78 is 0. The molecular weight excluding hydrogens is 499 g/mol. The summed E-state index contributed by atoms with van der Waals surface area (Å²) in [5.74, 6) is 1.61. The minimum Gasteiger partial charge on any atom is -0.356 e. The van der Waals surface area contributed by atoms with Crippen LogP contribution in [0.1, 0.15) is 31.2 Å². The number of thiophene rings is 1. The Hall–Kier alpha value is -1.42. The molecule has 2 N–H and O–H groups in total. The van der Waals surface area contributed by atoms with Crippen molar-refractivity contribution in [3.05, 3.63) is 34.5 Å². The van der Waals surface area contributed by atoms with Gasteiger partial charge in [0.05, 0.1) is 11.8 Å². The van der Waals surface area contributed by atoms with Crippen molar-refractivity contribution in [2.24, 2.45) is 28.7 Å². The summed E-state index contributed by atoms with van der Waals surface area (Å²) >= 11 is 1.71. The van der Waals surface area contributed by atoms with Crippen molar-refractivity contribution in [1.82, 2.24) is 15.5 Å². The molecule has 1 aromatic heterocycles. The van der Waals surface area contributed by atoms with Gasteiger partial charge in [-0.15, -0.1) is 24.0 Å². The molecule has 2 heterocycles. The monoisotopic (exact) mass is 528 g/mol. The lowest BCUT2D eigenvalue weighted by Gasteiger charge is -2.18. The van der Waals surface area contributed by atoms with Crippen LogP contribution in [0.3, 0.4) is 0 Å². The number of hydrogen-bond donors (Lipinski definition) is 2. The molecule has 1 aliphatic heterocycles. The molecule has 3 aliphatic rings. The van der Waals surface area contributed by atoms with Gasteiger partial charge in [0.15, 0.2) is 5.96 Å². The molecule has 2 bridgehead atoms. The van der Waals surface area contributed by atoms with Crippen LogP contribution in [0.15, 0.2) is 34.0 Å². The first-order valence-electron chi connectivity index (χ1n) is 10.1. The minimum atomic E-state index is -0.0940. The summed E-state index contributed by atoms with van der Waals surface area (Å²) in [5, 5.41) is 10.9. The lowest BCUT2D eigenvalue weighted by Crippen LogP contribution is -2.41. The number of fused-ring (bicyclic) bond motifs is 5. The molecule has 5 atom stereocenters. The van der Waals surface area contributed by atoms with E-state index < -0.39 is 0 Å². The van der Waals surface area contributed by atoms with Crippen molar-refractivity contribution < 1.29 is 9.59 Å². The lowest BCUT2D eigenvalue weighted by molar-refractivity contribution is -0.140. The topological polar surface area (TPSA) is 73.8 Å². The fraction of sp³-hybridized carbons (Fsp3) is 0.571. The maximum atomic E-state index is 12.7. The molecule has 2 aliphatic carbocycles. The van der Waals surface area contributed by atoms with Crippen LogP contribution in [0.25, 0.3) is 0 Å². The van der Waals surface area contributed by atoms with Crippen molar-refractivity contribution in [1.29, 1.82) is 0 Å². The van der Waals surface area contributed by atoms with E-state index in [1.165, 1.54) is 10.5 Å². The highest BCUT2D eigenvalue weighted by molar-refractivity contribution is 14.0. The molecular formula is C21H29IN4O2S. The molecule has 0 radical (unpaired) electrons. The number of allylic oxidation sites excluding steroid dienone is 2. The fourth-order valence-electron chi connectivity index (χ4n) is 4.77. The second-order valence-corrected chi connectivity index (χ2v) is 8.80. The molecule has 2 amide bonds. The van der Waals surface area contributed by atoms with Crippen molar-refractivity contribution >= 4 is 53.1 Å². The summed E-state index contributed by atoms with van der Waals surface area (Å²) in [7, 11) is 1.75. The zero-order valence-electron chi connectivity index (χ0n) is 16.8. The number of likely N-dealkylation sites (tertiary alicyclic amines) is 1. The summed E-state index contributed by atoms with van der Waals surface area (Å²) in [4.78, 5) is 31.1. The van der Waals surface area contributed by atoms with Gasteiger partial charge in [-0.3, -0.25) is 19.5 Å². The number of amides is 2. The maximum Gasteiger partial charge on any atom is 0.233 e. The van der Waals surface area contributed by atoms with Gasteiger partial charge >= 0.3 is 0 Å². The average molecular weight is 528 g/mol. The van der Waals surface area contributed by atoms with E-state index in [0.29, 0.717) is 19.0 Å². The Morgan fingerprint density at radius 1 is 1.24 bits per heavy atom. The Morgan fingerprint density at radius 2 is 1.93 bits per heavy atom. The van der Waals surface area contributed by atoms with Crippen LogP contribution in [-0.2, 0) is 9.59 Å². The number of imide groups is 1. The van der Waals surface area contributed by atoms with E-state index in [1.807, 2.05) is 0 Å². The molecule has 158 valence electrons. The third-order valence-corrected chi connectivity index (χ3v) is 7.03. The number of guanidine groups is 1. The molecule has 1 aromatic rings. The van der Waals surface area contributed by atoms with Crippen LogP contribution in [0, 0.1) is 23.7 Å². The predicted octanol–water partition coefficient (Wildman–Crippen LogP) is 2.83. The number of halogens is 1. The number of aliphatic imine (C=N–C) groups is 1. The third-order valence-electron chi connectivity index (χ3n) is 6.32. The van der Waals surface area contributed by atoms with Crippen molar-refractivity contribution in [3.8, 4) is 0 Å². The zero-order chi connectivity index (χ0) is 19.7. The standard InChI is InChI=1S/C21H28N4O2S.HI/c1-13(16-6-9-28-12-16)11-24-21(22-2)23-7-3-8-25-19(26)17-14-4-5-15(10-14)18(17)20(25)27;/h4-6,9,12-15,17-18H,3,7-8,10-11H2,1-2H3,(H2,22,23,24);1H. The Bertz CT molecular complexity index is 765. The molecule has 0 spiro atoms. The van der Waals surface area contributed by atoms with E-state index in [1.54, 1.807) is 18.4 Å². The highest BCUT2D eigenvalue weighted by Crippen LogP contribution is 2.52. The smallest absolute Gasteiger partial charge is 0.233 e. The Balaban J connectivity index is 0.00000240. The molecule has 1 saturated heterocycles. The van der Waals surface area contributed by atoms with E-state index in [2.05, 4.69) is 51.5 Å². The molecule has 6 nitrogen and oxygen atoms in total. The highest BCUT2D eigenvalue weighted by Gasteiger charge is 2.58. The number of rotatable bonds is 7. The fourth-order valence-corrected chi connectivity index (χ4v) is 5.55. The summed E-state index contributed by atoms with van der Waals surface area (Å²) in [6.07, 6.45) is 5.97. The van der Waals surface area contributed by atoms with E-state index in [9.17, 15) is 9.59 Å². The van der Waals surface area contributed by atoms with Crippen molar-refractivity contribution in [2.45, 2.75) is 25.7 Å². The van der Waals surface area contributed by atoms with E-state index >= 15 is 0 Å². The first-order chi connectivity index (χ1) is 13.6. The van der Waals surface area contributed by atoms with E-state index in [4.69, 9.17) is 0 Å². The maximum absolute atomic E-state index is 12.7. The van der Waals surface area contributed by atoms with Crippen molar-refractivity contribution in [2.75, 3.05) is 26.7 Å². The molecule has 8 heteroatoms. The normalized spacial score (nSPS) is 28.5. The average Bonchev–Trinajstić information content (AvgIpc) is 3.47. The van der Waals surface area contributed by atoms with Crippen LogP contribution in [0.5, 0.6) is 0 Å². The summed E-state index contributed by atoms with van der Waals surface area (Å²) in [5.41, 5.74) is 1.33. The second kappa shape index (κ2) is 9.59. The number of hydrogen-bond acceptors (Lipinski definition) is 4. The first-order valence-corrected chi connectivity index (χ1v) is 11.0. The van der Waals surface area contributed by atoms with Crippen LogP contribution in [-0.4, -0.2) is 49.4 Å². The van der Waals surface area contributed by atoms with Crippen LogP contribution in [0.4, 0.5) is 0 Å². The summed E-state index contributed by atoms with van der Waals surface area (Å²) in [6.45, 7) is 4.15. The molecule has 5 unspecified atom stereocenters. The van der Waals surface area contributed by atoms with Gasteiger partial charge < -0.3 is 10.6 Å². The number of carbonyl (C=O) groups excluding carboxylic acids is 2. The molecule has 0 aromatic carbocycles. The SMILES string of the molecule is CN=C(NCCCN1C(=O)C2C3C=CC(C3)C2C1=O)NCC(C)c1ccsc1.I. The van der Waals surface area contributed by atoms with Crippen LogP contribution >= 0.6 is 35.3 Å². The lowest BCUT2D eigenvalue weighted by atomic mass is 9.85. The quantitative estimate of drug-likeness (QED) is 0.143. The molecule has 29 heavy (non-hydrogen) atoms.